The van der Waals surface area contributed by atoms with Crippen LogP contribution in [-0.4, -0.2) is 15.9 Å². The van der Waals surface area contributed by atoms with E-state index in [2.05, 4.69) is 9.97 Å². The van der Waals surface area contributed by atoms with Crippen LogP contribution in [0, 0.1) is 13.8 Å². The minimum Gasteiger partial charge on any atom is -0.364 e. The molecule has 0 atom stereocenters. The van der Waals surface area contributed by atoms with Crippen molar-refractivity contribution in [1.29, 1.82) is 0 Å². The highest BCUT2D eigenvalue weighted by Crippen LogP contribution is 2.25. The van der Waals surface area contributed by atoms with E-state index in [9.17, 15) is 4.79 Å². The Balaban J connectivity index is 2.53. The number of H-pyrrole nitrogens is 1. The Bertz CT molecular complexity index is 543. The van der Waals surface area contributed by atoms with Crippen LogP contribution in [0.25, 0.3) is 11.1 Å². The average molecular weight is 215 g/mol. The number of aryl methyl sites for hydroxylation is 1. The molecule has 0 bridgehead atoms. The van der Waals surface area contributed by atoms with Crippen LogP contribution in [-0.2, 0) is 0 Å². The fourth-order valence-corrected chi connectivity index (χ4v) is 1.76. The lowest BCUT2D eigenvalue weighted by molar-refractivity contribution is 0.0995. The van der Waals surface area contributed by atoms with E-state index in [4.69, 9.17) is 5.73 Å². The van der Waals surface area contributed by atoms with Crippen LogP contribution in [0.3, 0.4) is 0 Å². The molecular weight excluding hydrogens is 202 g/mol. The second-order valence-corrected chi connectivity index (χ2v) is 3.75. The van der Waals surface area contributed by atoms with Crippen LogP contribution in [0.15, 0.2) is 24.5 Å². The third-order valence-corrected chi connectivity index (χ3v) is 2.59. The number of carbonyl (C=O) groups excluding carboxylic acids is 1. The normalized spacial score (nSPS) is 10.4. The first-order chi connectivity index (χ1) is 7.59. The number of aromatic amines is 1. The van der Waals surface area contributed by atoms with E-state index in [0.29, 0.717) is 5.69 Å². The number of nitrogens with two attached hydrogens (primary N) is 1. The fourth-order valence-electron chi connectivity index (χ4n) is 1.76. The van der Waals surface area contributed by atoms with Crippen molar-refractivity contribution in [3.8, 4) is 11.1 Å². The Kier molecular flexibility index (Phi) is 2.48. The van der Waals surface area contributed by atoms with E-state index in [-0.39, 0.29) is 0 Å². The van der Waals surface area contributed by atoms with Gasteiger partial charge in [0.25, 0.3) is 5.91 Å². The molecule has 0 saturated heterocycles. The smallest absolute Gasteiger partial charge is 0.265 e. The van der Waals surface area contributed by atoms with Gasteiger partial charge in [0.05, 0.1) is 0 Å². The van der Waals surface area contributed by atoms with Crippen LogP contribution in [0.5, 0.6) is 0 Å². The average Bonchev–Trinajstić information content (AvgIpc) is 2.60. The van der Waals surface area contributed by atoms with E-state index in [1.54, 1.807) is 12.4 Å². The van der Waals surface area contributed by atoms with Crippen molar-refractivity contribution >= 4 is 5.91 Å². The maximum absolute atomic E-state index is 11.1. The van der Waals surface area contributed by atoms with Crippen molar-refractivity contribution in [3.05, 3.63) is 41.5 Å². The summed E-state index contributed by atoms with van der Waals surface area (Å²) in [7, 11) is 0. The molecule has 0 saturated carbocycles. The molecule has 2 rings (SSSR count). The van der Waals surface area contributed by atoms with Crippen molar-refractivity contribution in [2.24, 2.45) is 5.73 Å². The third kappa shape index (κ3) is 1.69. The van der Waals surface area contributed by atoms with Crippen LogP contribution >= 0.6 is 0 Å². The lowest BCUT2D eigenvalue weighted by Crippen LogP contribution is -2.12. The highest BCUT2D eigenvalue weighted by Gasteiger charge is 2.12. The van der Waals surface area contributed by atoms with Crippen molar-refractivity contribution < 1.29 is 4.79 Å². The van der Waals surface area contributed by atoms with E-state index < -0.39 is 5.91 Å². The summed E-state index contributed by atoms with van der Waals surface area (Å²) in [5, 5.41) is 0. The van der Waals surface area contributed by atoms with Gasteiger partial charge in [-0.2, -0.15) is 0 Å². The molecule has 2 aromatic rings. The molecule has 0 unspecified atom stereocenters. The summed E-state index contributed by atoms with van der Waals surface area (Å²) in [5.41, 5.74) is 9.55. The highest BCUT2D eigenvalue weighted by molar-refractivity contribution is 5.94. The summed E-state index contributed by atoms with van der Waals surface area (Å²) >= 11 is 0. The Labute approximate surface area is 93.5 Å². The maximum atomic E-state index is 11.1. The number of carbonyl (C=O) groups is 1. The molecule has 0 aromatic carbocycles. The van der Waals surface area contributed by atoms with Crippen molar-refractivity contribution in [2.75, 3.05) is 0 Å². The zero-order valence-corrected chi connectivity index (χ0v) is 9.24. The van der Waals surface area contributed by atoms with Crippen molar-refractivity contribution in [3.63, 3.8) is 0 Å². The molecule has 82 valence electrons. The summed E-state index contributed by atoms with van der Waals surface area (Å²) in [5.74, 6) is -0.436. The number of nitrogens with one attached hydrogen (secondary N) is 1. The zero-order chi connectivity index (χ0) is 11.7. The molecule has 0 aliphatic rings. The number of amides is 1. The van der Waals surface area contributed by atoms with Gasteiger partial charge in [0.2, 0.25) is 0 Å². The molecule has 1 amide bonds. The molecular formula is C12H13N3O. The van der Waals surface area contributed by atoms with Crippen LogP contribution in [0.1, 0.15) is 21.7 Å². The molecule has 0 aliphatic carbocycles. The molecule has 2 heterocycles. The van der Waals surface area contributed by atoms with Crippen molar-refractivity contribution in [1.82, 2.24) is 9.97 Å². The molecule has 0 radical (unpaired) electrons. The number of aromatic nitrogens is 2. The van der Waals surface area contributed by atoms with Gasteiger partial charge in [0, 0.05) is 23.7 Å². The van der Waals surface area contributed by atoms with E-state index in [1.165, 1.54) is 0 Å². The Hall–Kier alpha value is -2.10. The first-order valence-corrected chi connectivity index (χ1v) is 5.00. The molecule has 3 N–H and O–H groups in total. The number of pyridine rings is 1. The maximum Gasteiger partial charge on any atom is 0.265 e. The SMILES string of the molecule is Cc1cc(-c2c[nH]c(C(N)=O)c2C)ccn1. The summed E-state index contributed by atoms with van der Waals surface area (Å²) < 4.78 is 0. The Morgan fingerprint density at radius 3 is 2.75 bits per heavy atom. The largest absolute Gasteiger partial charge is 0.364 e. The first-order valence-electron chi connectivity index (χ1n) is 5.00. The fraction of sp³-hybridized carbons (Fsp3) is 0.167. The van der Waals surface area contributed by atoms with Crippen LogP contribution in [0.2, 0.25) is 0 Å². The van der Waals surface area contributed by atoms with Crippen LogP contribution < -0.4 is 5.73 Å². The van der Waals surface area contributed by atoms with Gasteiger partial charge in [0.1, 0.15) is 5.69 Å². The summed E-state index contributed by atoms with van der Waals surface area (Å²) in [4.78, 5) is 18.1. The number of hydrogen-bond donors (Lipinski definition) is 2. The van der Waals surface area contributed by atoms with E-state index in [1.807, 2.05) is 26.0 Å². The van der Waals surface area contributed by atoms with Gasteiger partial charge in [-0.25, -0.2) is 0 Å². The van der Waals surface area contributed by atoms with Gasteiger partial charge < -0.3 is 10.7 Å². The Morgan fingerprint density at radius 1 is 1.44 bits per heavy atom. The molecule has 0 fully saturated rings. The Morgan fingerprint density at radius 2 is 2.19 bits per heavy atom. The lowest BCUT2D eigenvalue weighted by atomic mass is 10.0. The molecule has 2 aromatic heterocycles. The predicted octanol–water partition coefficient (Wildman–Crippen LogP) is 1.79. The van der Waals surface area contributed by atoms with Gasteiger partial charge >= 0.3 is 0 Å². The first kappa shape index (κ1) is 10.4. The topological polar surface area (TPSA) is 71.8 Å². The number of hydrogen-bond acceptors (Lipinski definition) is 2. The quantitative estimate of drug-likeness (QED) is 0.801. The van der Waals surface area contributed by atoms with Gasteiger partial charge in [-0.3, -0.25) is 9.78 Å². The summed E-state index contributed by atoms with van der Waals surface area (Å²) in [6.07, 6.45) is 3.55. The minimum absolute atomic E-state index is 0.436. The monoisotopic (exact) mass is 215 g/mol. The van der Waals surface area contributed by atoms with Gasteiger partial charge in [-0.1, -0.05) is 0 Å². The predicted molar refractivity (Wildman–Crippen MR) is 62.0 cm³/mol. The lowest BCUT2D eigenvalue weighted by Gasteiger charge is -2.01. The van der Waals surface area contributed by atoms with Crippen molar-refractivity contribution in [2.45, 2.75) is 13.8 Å². The molecule has 4 heteroatoms. The third-order valence-electron chi connectivity index (χ3n) is 2.59. The second-order valence-electron chi connectivity index (χ2n) is 3.75. The summed E-state index contributed by atoms with van der Waals surface area (Å²) in [6, 6.07) is 3.88. The van der Waals surface area contributed by atoms with Gasteiger partial charge in [-0.05, 0) is 37.1 Å². The standard InChI is InChI=1S/C12H13N3O/c1-7-5-9(3-4-14-7)10-6-15-11(8(10)2)12(13)16/h3-6,15H,1-2H3,(H2,13,16). The second kappa shape index (κ2) is 3.81. The van der Waals surface area contributed by atoms with Gasteiger partial charge in [-0.15, -0.1) is 0 Å². The molecule has 0 spiro atoms. The minimum atomic E-state index is -0.436. The molecule has 0 aliphatic heterocycles. The molecule has 16 heavy (non-hydrogen) atoms. The highest BCUT2D eigenvalue weighted by atomic mass is 16.1. The number of primary amides is 1. The van der Waals surface area contributed by atoms with Gasteiger partial charge in [0.15, 0.2) is 0 Å². The molecule has 4 nitrogen and oxygen atoms in total. The van der Waals surface area contributed by atoms with Crippen LogP contribution in [0.4, 0.5) is 0 Å². The zero-order valence-electron chi connectivity index (χ0n) is 9.24. The van der Waals surface area contributed by atoms with E-state index in [0.717, 1.165) is 22.4 Å². The number of nitrogens with zero attached hydrogens (tertiary/aromatic N) is 1. The van der Waals surface area contributed by atoms with E-state index >= 15 is 0 Å². The number of rotatable bonds is 2. The summed E-state index contributed by atoms with van der Waals surface area (Å²) in [6.45, 7) is 3.81.